The Bertz CT molecular complexity index is 1150. The standard InChI is InChI=1S/C25H23ClN2O3/c26-20-9-5-18(6-10-20)16-31-21-11-7-17(8-12-21)14-27-24(25(29)30)13-19-15-28-23-4-2-1-3-22(19)23/h1-12,15,24,27-28H,13-14,16H2,(H,29,30)/t24-/m0/s1. The molecule has 0 saturated carbocycles. The Morgan fingerprint density at radius 1 is 1.00 bits per heavy atom. The predicted octanol–water partition coefficient (Wildman–Crippen LogP) is 5.19. The number of ether oxygens (including phenoxy) is 1. The summed E-state index contributed by atoms with van der Waals surface area (Å²) in [6, 6.07) is 22.4. The minimum atomic E-state index is -0.867. The highest BCUT2D eigenvalue weighted by molar-refractivity contribution is 6.30. The number of benzene rings is 3. The normalized spacial score (nSPS) is 12.0. The maximum Gasteiger partial charge on any atom is 0.321 e. The molecule has 1 atom stereocenters. The van der Waals surface area contributed by atoms with Gasteiger partial charge in [-0.25, -0.2) is 0 Å². The lowest BCUT2D eigenvalue weighted by molar-refractivity contribution is -0.139. The Balaban J connectivity index is 1.33. The van der Waals surface area contributed by atoms with E-state index in [1.54, 1.807) is 0 Å². The maximum atomic E-state index is 11.8. The maximum absolute atomic E-state index is 11.8. The SMILES string of the molecule is O=C(O)[C@H](Cc1c[nH]c2ccccc12)NCc1ccc(OCc2ccc(Cl)cc2)cc1. The van der Waals surface area contributed by atoms with Crippen molar-refractivity contribution >= 4 is 28.5 Å². The smallest absolute Gasteiger partial charge is 0.321 e. The van der Waals surface area contributed by atoms with Gasteiger partial charge in [-0.05, 0) is 47.0 Å². The van der Waals surface area contributed by atoms with E-state index in [4.69, 9.17) is 16.3 Å². The van der Waals surface area contributed by atoms with Gasteiger partial charge in [0.1, 0.15) is 18.4 Å². The lowest BCUT2D eigenvalue weighted by atomic mass is 10.0. The number of para-hydroxylation sites is 1. The quantitative estimate of drug-likeness (QED) is 0.339. The number of fused-ring (bicyclic) bond motifs is 1. The third kappa shape index (κ3) is 5.45. The van der Waals surface area contributed by atoms with Crippen molar-refractivity contribution in [1.29, 1.82) is 0 Å². The molecule has 4 rings (SSSR count). The lowest BCUT2D eigenvalue weighted by Gasteiger charge is -2.14. The van der Waals surface area contributed by atoms with Crippen molar-refractivity contribution in [2.24, 2.45) is 0 Å². The summed E-state index contributed by atoms with van der Waals surface area (Å²) in [5.41, 5.74) is 4.03. The number of nitrogens with one attached hydrogen (secondary N) is 2. The van der Waals surface area contributed by atoms with Crippen LogP contribution in [0.25, 0.3) is 10.9 Å². The van der Waals surface area contributed by atoms with Crippen molar-refractivity contribution in [3.63, 3.8) is 0 Å². The average Bonchev–Trinajstić information content (AvgIpc) is 3.19. The lowest BCUT2D eigenvalue weighted by Crippen LogP contribution is -2.38. The van der Waals surface area contributed by atoms with Gasteiger partial charge in [-0.15, -0.1) is 0 Å². The molecule has 5 nitrogen and oxygen atoms in total. The molecule has 0 spiro atoms. The molecular weight excluding hydrogens is 412 g/mol. The first-order valence-electron chi connectivity index (χ1n) is 10.1. The van der Waals surface area contributed by atoms with Crippen LogP contribution in [0, 0.1) is 0 Å². The van der Waals surface area contributed by atoms with Crippen molar-refractivity contribution in [2.75, 3.05) is 0 Å². The monoisotopic (exact) mass is 434 g/mol. The molecule has 3 N–H and O–H groups in total. The minimum absolute atomic E-state index is 0.404. The van der Waals surface area contributed by atoms with E-state index in [9.17, 15) is 9.90 Å². The van der Waals surface area contributed by atoms with Gasteiger partial charge in [0.05, 0.1) is 0 Å². The number of hydrogen-bond acceptors (Lipinski definition) is 3. The van der Waals surface area contributed by atoms with Crippen molar-refractivity contribution in [1.82, 2.24) is 10.3 Å². The van der Waals surface area contributed by atoms with Crippen LogP contribution in [-0.2, 0) is 24.4 Å². The van der Waals surface area contributed by atoms with Gasteiger partial charge < -0.3 is 20.1 Å². The molecule has 1 aromatic heterocycles. The molecule has 6 heteroatoms. The van der Waals surface area contributed by atoms with Gasteiger partial charge in [0.2, 0.25) is 0 Å². The molecule has 0 amide bonds. The van der Waals surface area contributed by atoms with Crippen LogP contribution in [0.3, 0.4) is 0 Å². The van der Waals surface area contributed by atoms with E-state index in [-0.39, 0.29) is 0 Å². The van der Waals surface area contributed by atoms with Crippen LogP contribution in [0.5, 0.6) is 5.75 Å². The minimum Gasteiger partial charge on any atom is -0.489 e. The van der Waals surface area contributed by atoms with Gasteiger partial charge in [-0.2, -0.15) is 0 Å². The second-order valence-electron chi connectivity index (χ2n) is 7.39. The van der Waals surface area contributed by atoms with Crippen molar-refractivity contribution in [2.45, 2.75) is 25.6 Å². The zero-order chi connectivity index (χ0) is 21.6. The van der Waals surface area contributed by atoms with Crippen molar-refractivity contribution in [3.05, 3.63) is 101 Å². The van der Waals surface area contributed by atoms with E-state index in [0.29, 0.717) is 24.6 Å². The van der Waals surface area contributed by atoms with Gasteiger partial charge in [0.25, 0.3) is 0 Å². The molecule has 3 aromatic carbocycles. The van der Waals surface area contributed by atoms with Crippen LogP contribution in [0.15, 0.2) is 79.0 Å². The van der Waals surface area contributed by atoms with E-state index in [0.717, 1.165) is 33.3 Å². The zero-order valence-corrected chi connectivity index (χ0v) is 17.6. The number of rotatable bonds is 9. The Kier molecular flexibility index (Phi) is 6.55. The second-order valence-corrected chi connectivity index (χ2v) is 7.83. The fourth-order valence-electron chi connectivity index (χ4n) is 3.46. The molecule has 0 aliphatic heterocycles. The van der Waals surface area contributed by atoms with Crippen LogP contribution >= 0.6 is 11.6 Å². The molecule has 0 saturated heterocycles. The van der Waals surface area contributed by atoms with Gasteiger partial charge in [0.15, 0.2) is 0 Å². The summed E-state index contributed by atoms with van der Waals surface area (Å²) in [5.74, 6) is -0.111. The number of H-pyrrole nitrogens is 1. The van der Waals surface area contributed by atoms with Crippen molar-refractivity contribution in [3.8, 4) is 5.75 Å². The molecule has 4 aromatic rings. The average molecular weight is 435 g/mol. The first kappa shape index (κ1) is 21.0. The highest BCUT2D eigenvalue weighted by atomic mass is 35.5. The number of aromatic amines is 1. The molecule has 31 heavy (non-hydrogen) atoms. The van der Waals surface area contributed by atoms with Gasteiger partial charge in [-0.3, -0.25) is 4.79 Å². The largest absolute Gasteiger partial charge is 0.489 e. The van der Waals surface area contributed by atoms with Crippen LogP contribution < -0.4 is 10.1 Å². The van der Waals surface area contributed by atoms with E-state index in [1.807, 2.05) is 79.0 Å². The predicted molar refractivity (Wildman–Crippen MR) is 122 cm³/mol. The first-order chi connectivity index (χ1) is 15.1. The van der Waals surface area contributed by atoms with Crippen LogP contribution in [0.1, 0.15) is 16.7 Å². The summed E-state index contributed by atoms with van der Waals surface area (Å²) in [7, 11) is 0. The van der Waals surface area contributed by atoms with E-state index < -0.39 is 12.0 Å². The summed E-state index contributed by atoms with van der Waals surface area (Å²) < 4.78 is 5.80. The van der Waals surface area contributed by atoms with Gasteiger partial charge in [0, 0.05) is 35.1 Å². The summed E-state index contributed by atoms with van der Waals surface area (Å²) in [5, 5.41) is 14.6. The molecule has 158 valence electrons. The van der Waals surface area contributed by atoms with E-state index >= 15 is 0 Å². The molecule has 0 radical (unpaired) electrons. The number of hydrogen-bond donors (Lipinski definition) is 3. The third-order valence-electron chi connectivity index (χ3n) is 5.19. The molecule has 0 aliphatic carbocycles. The van der Waals surface area contributed by atoms with Crippen LogP contribution in [0.4, 0.5) is 0 Å². The first-order valence-corrected chi connectivity index (χ1v) is 10.4. The number of halogens is 1. The van der Waals surface area contributed by atoms with Crippen LogP contribution in [-0.4, -0.2) is 22.1 Å². The Morgan fingerprint density at radius 2 is 1.71 bits per heavy atom. The highest BCUT2D eigenvalue weighted by Gasteiger charge is 2.19. The van der Waals surface area contributed by atoms with Gasteiger partial charge in [-0.1, -0.05) is 54.1 Å². The Labute approximate surface area is 185 Å². The summed E-state index contributed by atoms with van der Waals surface area (Å²) in [6.07, 6.45) is 2.29. The number of aliphatic carboxylic acids is 1. The molecule has 0 unspecified atom stereocenters. The van der Waals surface area contributed by atoms with E-state index in [2.05, 4.69) is 10.3 Å². The molecule has 0 aliphatic rings. The fraction of sp³-hybridized carbons (Fsp3) is 0.160. The molecule has 0 fully saturated rings. The third-order valence-corrected chi connectivity index (χ3v) is 5.44. The van der Waals surface area contributed by atoms with Crippen LogP contribution in [0.2, 0.25) is 5.02 Å². The fourth-order valence-corrected chi connectivity index (χ4v) is 3.59. The summed E-state index contributed by atoms with van der Waals surface area (Å²) in [6.45, 7) is 0.914. The molecule has 0 bridgehead atoms. The molecule has 1 heterocycles. The zero-order valence-electron chi connectivity index (χ0n) is 16.8. The number of aromatic nitrogens is 1. The molecular formula is C25H23ClN2O3. The Morgan fingerprint density at radius 3 is 2.45 bits per heavy atom. The number of carboxylic acids is 1. The Hall–Kier alpha value is -3.28. The topological polar surface area (TPSA) is 74.3 Å². The number of carbonyl (C=O) groups is 1. The van der Waals surface area contributed by atoms with Crippen molar-refractivity contribution < 1.29 is 14.6 Å². The highest BCUT2D eigenvalue weighted by Crippen LogP contribution is 2.20. The summed E-state index contributed by atoms with van der Waals surface area (Å²) in [4.78, 5) is 15.0. The number of carboxylic acid groups (broad SMARTS) is 1. The second kappa shape index (κ2) is 9.69. The summed E-state index contributed by atoms with van der Waals surface area (Å²) >= 11 is 5.90. The van der Waals surface area contributed by atoms with Gasteiger partial charge >= 0.3 is 5.97 Å². The van der Waals surface area contributed by atoms with E-state index in [1.165, 1.54) is 0 Å².